The van der Waals surface area contributed by atoms with Crippen LogP contribution >= 0.6 is 0 Å². The topological polar surface area (TPSA) is 64.3 Å². The van der Waals surface area contributed by atoms with Crippen molar-refractivity contribution in [2.75, 3.05) is 36.4 Å². The van der Waals surface area contributed by atoms with Crippen molar-refractivity contribution in [3.8, 4) is 0 Å². The Kier molecular flexibility index (Phi) is 3.97. The number of aromatic amines is 1. The Morgan fingerprint density at radius 2 is 1.84 bits per heavy atom. The maximum absolute atomic E-state index is 13.0. The SMILES string of the molecule is O=C(Nc1ccc2nc[nH]c2c1)N1CCN(c2ccc(F)cc2)CC1. The van der Waals surface area contributed by atoms with E-state index in [4.69, 9.17) is 0 Å². The van der Waals surface area contributed by atoms with Crippen LogP contribution in [0.5, 0.6) is 0 Å². The number of anilines is 2. The van der Waals surface area contributed by atoms with Crippen LogP contribution in [0.25, 0.3) is 11.0 Å². The summed E-state index contributed by atoms with van der Waals surface area (Å²) in [5, 5.41) is 2.93. The van der Waals surface area contributed by atoms with Crippen molar-refractivity contribution in [2.24, 2.45) is 0 Å². The number of nitrogens with zero attached hydrogens (tertiary/aromatic N) is 3. The summed E-state index contributed by atoms with van der Waals surface area (Å²) in [6, 6.07) is 11.9. The Morgan fingerprint density at radius 1 is 1.08 bits per heavy atom. The molecule has 0 atom stereocenters. The van der Waals surface area contributed by atoms with E-state index in [1.165, 1.54) is 12.1 Å². The number of halogens is 1. The van der Waals surface area contributed by atoms with E-state index < -0.39 is 0 Å². The van der Waals surface area contributed by atoms with Crippen molar-refractivity contribution in [3.63, 3.8) is 0 Å². The number of nitrogens with one attached hydrogen (secondary N) is 2. The quantitative estimate of drug-likeness (QED) is 0.754. The van der Waals surface area contributed by atoms with E-state index in [-0.39, 0.29) is 11.8 Å². The highest BCUT2D eigenvalue weighted by molar-refractivity contribution is 5.92. The van der Waals surface area contributed by atoms with Gasteiger partial charge in [-0.15, -0.1) is 0 Å². The molecule has 1 aromatic heterocycles. The number of amides is 2. The smallest absolute Gasteiger partial charge is 0.321 e. The van der Waals surface area contributed by atoms with Crippen LogP contribution in [0.1, 0.15) is 0 Å². The highest BCUT2D eigenvalue weighted by Gasteiger charge is 2.21. The molecule has 0 radical (unpaired) electrons. The Bertz CT molecular complexity index is 884. The zero-order chi connectivity index (χ0) is 17.2. The molecule has 1 fully saturated rings. The van der Waals surface area contributed by atoms with Gasteiger partial charge >= 0.3 is 6.03 Å². The number of carbonyl (C=O) groups is 1. The highest BCUT2D eigenvalue weighted by atomic mass is 19.1. The summed E-state index contributed by atoms with van der Waals surface area (Å²) < 4.78 is 13.0. The summed E-state index contributed by atoms with van der Waals surface area (Å²) in [6.45, 7) is 2.68. The van der Waals surface area contributed by atoms with Gasteiger partial charge in [0.2, 0.25) is 0 Å². The van der Waals surface area contributed by atoms with Gasteiger partial charge in [0, 0.05) is 37.6 Å². The number of rotatable bonds is 2. The Balaban J connectivity index is 1.36. The summed E-state index contributed by atoms with van der Waals surface area (Å²) in [4.78, 5) is 23.6. The second-order valence-electron chi connectivity index (χ2n) is 6.02. The maximum atomic E-state index is 13.0. The van der Waals surface area contributed by atoms with Gasteiger partial charge < -0.3 is 20.1 Å². The van der Waals surface area contributed by atoms with Crippen molar-refractivity contribution >= 4 is 28.4 Å². The van der Waals surface area contributed by atoms with Crippen LogP contribution in [-0.4, -0.2) is 47.1 Å². The van der Waals surface area contributed by atoms with E-state index >= 15 is 0 Å². The van der Waals surface area contributed by atoms with Crippen molar-refractivity contribution in [3.05, 3.63) is 54.6 Å². The molecule has 128 valence electrons. The fourth-order valence-corrected chi connectivity index (χ4v) is 3.04. The second kappa shape index (κ2) is 6.43. The van der Waals surface area contributed by atoms with Gasteiger partial charge in [0.25, 0.3) is 0 Å². The monoisotopic (exact) mass is 339 g/mol. The Hall–Kier alpha value is -3.09. The molecule has 2 aromatic carbocycles. The minimum absolute atomic E-state index is 0.113. The number of imidazole rings is 1. The van der Waals surface area contributed by atoms with Crippen LogP contribution in [0, 0.1) is 5.82 Å². The third-order valence-corrected chi connectivity index (χ3v) is 4.43. The minimum atomic E-state index is -0.240. The molecular formula is C18H18FN5O. The first-order valence-corrected chi connectivity index (χ1v) is 8.19. The van der Waals surface area contributed by atoms with Crippen LogP contribution in [0.3, 0.4) is 0 Å². The molecule has 4 rings (SSSR count). The number of benzene rings is 2. The van der Waals surface area contributed by atoms with E-state index in [9.17, 15) is 9.18 Å². The molecule has 25 heavy (non-hydrogen) atoms. The fourth-order valence-electron chi connectivity index (χ4n) is 3.04. The summed E-state index contributed by atoms with van der Waals surface area (Å²) in [7, 11) is 0. The molecular weight excluding hydrogens is 321 g/mol. The molecule has 3 aromatic rings. The lowest BCUT2D eigenvalue weighted by Gasteiger charge is -2.36. The number of carbonyl (C=O) groups excluding carboxylic acids is 1. The number of urea groups is 1. The highest BCUT2D eigenvalue weighted by Crippen LogP contribution is 2.19. The lowest BCUT2D eigenvalue weighted by atomic mass is 10.2. The van der Waals surface area contributed by atoms with Gasteiger partial charge in [-0.2, -0.15) is 0 Å². The van der Waals surface area contributed by atoms with Crippen LogP contribution in [-0.2, 0) is 0 Å². The van der Waals surface area contributed by atoms with Crippen molar-refractivity contribution < 1.29 is 9.18 Å². The van der Waals surface area contributed by atoms with Gasteiger partial charge in [0.1, 0.15) is 5.82 Å². The van der Waals surface area contributed by atoms with E-state index in [2.05, 4.69) is 20.2 Å². The van der Waals surface area contributed by atoms with Crippen LogP contribution in [0.15, 0.2) is 48.8 Å². The molecule has 1 aliphatic rings. The average Bonchev–Trinajstić information content (AvgIpc) is 3.10. The molecule has 0 unspecified atom stereocenters. The van der Waals surface area contributed by atoms with Gasteiger partial charge in [-0.1, -0.05) is 0 Å². The van der Waals surface area contributed by atoms with E-state index in [1.807, 2.05) is 18.2 Å². The number of hydrogen-bond donors (Lipinski definition) is 2. The first-order chi connectivity index (χ1) is 12.2. The number of fused-ring (bicyclic) bond motifs is 1. The molecule has 2 N–H and O–H groups in total. The van der Waals surface area contributed by atoms with E-state index in [1.54, 1.807) is 23.4 Å². The zero-order valence-corrected chi connectivity index (χ0v) is 13.6. The number of hydrogen-bond acceptors (Lipinski definition) is 3. The molecule has 0 saturated carbocycles. The number of piperazine rings is 1. The summed E-state index contributed by atoms with van der Waals surface area (Å²) in [6.07, 6.45) is 1.63. The third-order valence-electron chi connectivity index (χ3n) is 4.43. The molecule has 2 heterocycles. The third kappa shape index (κ3) is 3.26. The molecule has 1 aliphatic heterocycles. The van der Waals surface area contributed by atoms with Crippen LogP contribution in [0.4, 0.5) is 20.6 Å². The zero-order valence-electron chi connectivity index (χ0n) is 13.6. The largest absolute Gasteiger partial charge is 0.368 e. The van der Waals surface area contributed by atoms with E-state index in [0.717, 1.165) is 35.5 Å². The summed E-state index contributed by atoms with van der Waals surface area (Å²) in [5.41, 5.74) is 3.47. The fraction of sp³-hybridized carbons (Fsp3) is 0.222. The molecule has 1 saturated heterocycles. The van der Waals surface area contributed by atoms with Gasteiger partial charge in [-0.05, 0) is 42.5 Å². The maximum Gasteiger partial charge on any atom is 0.321 e. The van der Waals surface area contributed by atoms with Crippen molar-refractivity contribution in [2.45, 2.75) is 0 Å². The number of aromatic nitrogens is 2. The Morgan fingerprint density at radius 3 is 2.60 bits per heavy atom. The lowest BCUT2D eigenvalue weighted by molar-refractivity contribution is 0.208. The average molecular weight is 339 g/mol. The summed E-state index contributed by atoms with van der Waals surface area (Å²) in [5.74, 6) is -0.240. The molecule has 7 heteroatoms. The predicted octanol–water partition coefficient (Wildman–Crippen LogP) is 3.06. The lowest BCUT2D eigenvalue weighted by Crippen LogP contribution is -2.50. The van der Waals surface area contributed by atoms with Gasteiger partial charge in [0.15, 0.2) is 0 Å². The first kappa shape index (κ1) is 15.4. The van der Waals surface area contributed by atoms with Crippen molar-refractivity contribution in [1.82, 2.24) is 14.9 Å². The van der Waals surface area contributed by atoms with Crippen LogP contribution in [0.2, 0.25) is 0 Å². The normalized spacial score (nSPS) is 14.8. The standard InChI is InChI=1S/C18H18FN5O/c19-13-1-4-15(5-2-13)23-7-9-24(10-8-23)18(25)22-14-3-6-16-17(11-14)21-12-20-16/h1-6,11-12H,7-10H2,(H,20,21)(H,22,25). The van der Waals surface area contributed by atoms with Crippen LogP contribution < -0.4 is 10.2 Å². The first-order valence-electron chi connectivity index (χ1n) is 8.19. The Labute approximate surface area is 144 Å². The molecule has 6 nitrogen and oxygen atoms in total. The summed E-state index contributed by atoms with van der Waals surface area (Å²) >= 11 is 0. The molecule has 2 amide bonds. The van der Waals surface area contributed by atoms with Gasteiger partial charge in [0.05, 0.1) is 17.4 Å². The second-order valence-corrected chi connectivity index (χ2v) is 6.02. The number of H-pyrrole nitrogens is 1. The van der Waals surface area contributed by atoms with Gasteiger partial charge in [-0.3, -0.25) is 0 Å². The minimum Gasteiger partial charge on any atom is -0.368 e. The van der Waals surface area contributed by atoms with Crippen molar-refractivity contribution in [1.29, 1.82) is 0 Å². The predicted molar refractivity (Wildman–Crippen MR) is 95.3 cm³/mol. The molecule has 0 spiro atoms. The molecule has 0 bridgehead atoms. The van der Waals surface area contributed by atoms with Gasteiger partial charge in [-0.25, -0.2) is 14.2 Å². The molecule has 0 aliphatic carbocycles. The van der Waals surface area contributed by atoms with E-state index in [0.29, 0.717) is 13.1 Å².